The number of nitrogens with one attached hydrogen (secondary N) is 2. The van der Waals surface area contributed by atoms with Gasteiger partial charge in [0.25, 0.3) is 5.91 Å². The zero-order valence-electron chi connectivity index (χ0n) is 11.1. The molecule has 0 aliphatic heterocycles. The Balaban J connectivity index is 1.93. The highest BCUT2D eigenvalue weighted by atomic mass is 16.1. The Morgan fingerprint density at radius 3 is 2.89 bits per heavy atom. The van der Waals surface area contributed by atoms with Gasteiger partial charge in [0.05, 0.1) is 5.56 Å². The van der Waals surface area contributed by atoms with Gasteiger partial charge in [-0.05, 0) is 18.2 Å². The van der Waals surface area contributed by atoms with Crippen LogP contribution < -0.4 is 10.6 Å². The molecule has 19 heavy (non-hydrogen) atoms. The molecule has 2 aromatic rings. The molecule has 6 nitrogen and oxygen atoms in total. The highest BCUT2D eigenvalue weighted by Gasteiger charge is 2.10. The molecule has 2 rings (SSSR count). The molecule has 0 aliphatic rings. The van der Waals surface area contributed by atoms with Crippen molar-refractivity contribution >= 4 is 11.7 Å². The summed E-state index contributed by atoms with van der Waals surface area (Å²) in [6.45, 7) is 0.566. The number of carbonyl (C=O) groups is 1. The van der Waals surface area contributed by atoms with E-state index in [0.717, 1.165) is 12.1 Å². The molecule has 2 heterocycles. The molecule has 0 spiro atoms. The van der Waals surface area contributed by atoms with Gasteiger partial charge in [-0.15, -0.1) is 0 Å². The van der Waals surface area contributed by atoms with Crippen LogP contribution in [0.3, 0.4) is 0 Å². The van der Waals surface area contributed by atoms with Crippen LogP contribution in [0.1, 0.15) is 16.1 Å². The third-order valence-electron chi connectivity index (χ3n) is 2.88. The minimum atomic E-state index is -0.125. The molecule has 2 aromatic heterocycles. The van der Waals surface area contributed by atoms with E-state index in [4.69, 9.17) is 0 Å². The van der Waals surface area contributed by atoms with Crippen molar-refractivity contribution in [1.82, 2.24) is 20.1 Å². The summed E-state index contributed by atoms with van der Waals surface area (Å²) < 4.78 is 1.80. The number of hydrogen-bond donors (Lipinski definition) is 2. The number of pyridine rings is 1. The quantitative estimate of drug-likeness (QED) is 0.834. The minimum Gasteiger partial charge on any atom is -0.372 e. The summed E-state index contributed by atoms with van der Waals surface area (Å²) in [5, 5.41) is 9.87. The molecule has 2 N–H and O–H groups in total. The van der Waals surface area contributed by atoms with Gasteiger partial charge in [-0.2, -0.15) is 5.10 Å². The Labute approximate surface area is 111 Å². The average Bonchev–Trinajstić information content (AvgIpc) is 2.84. The number of rotatable bonds is 5. The second-order valence-corrected chi connectivity index (χ2v) is 4.10. The number of carbonyl (C=O) groups excluding carboxylic acids is 1. The monoisotopic (exact) mass is 259 g/mol. The lowest BCUT2D eigenvalue weighted by molar-refractivity contribution is 0.0954. The first kappa shape index (κ1) is 13.1. The van der Waals surface area contributed by atoms with Crippen molar-refractivity contribution in [2.75, 3.05) is 18.9 Å². The number of nitrogens with zero attached hydrogens (tertiary/aromatic N) is 3. The Kier molecular flexibility index (Phi) is 4.12. The van der Waals surface area contributed by atoms with Gasteiger partial charge in [-0.25, -0.2) is 4.98 Å². The lowest BCUT2D eigenvalue weighted by Gasteiger charge is -2.08. The Hall–Kier alpha value is -2.37. The molecule has 0 bridgehead atoms. The van der Waals surface area contributed by atoms with Crippen molar-refractivity contribution in [3.8, 4) is 0 Å². The molecule has 0 aromatic carbocycles. The zero-order chi connectivity index (χ0) is 13.7. The van der Waals surface area contributed by atoms with Gasteiger partial charge in [0.2, 0.25) is 0 Å². The van der Waals surface area contributed by atoms with E-state index < -0.39 is 0 Å². The first-order valence-electron chi connectivity index (χ1n) is 6.10. The molecular formula is C13H17N5O. The van der Waals surface area contributed by atoms with E-state index in [1.165, 1.54) is 0 Å². The summed E-state index contributed by atoms with van der Waals surface area (Å²) in [5.41, 5.74) is 1.63. The van der Waals surface area contributed by atoms with Gasteiger partial charge in [-0.3, -0.25) is 9.48 Å². The largest absolute Gasteiger partial charge is 0.372 e. The lowest BCUT2D eigenvalue weighted by Crippen LogP contribution is -2.27. The first-order valence-corrected chi connectivity index (χ1v) is 6.10. The van der Waals surface area contributed by atoms with E-state index in [-0.39, 0.29) is 5.91 Å². The third kappa shape index (κ3) is 3.09. The number of amides is 1. The van der Waals surface area contributed by atoms with E-state index in [2.05, 4.69) is 20.7 Å². The van der Waals surface area contributed by atoms with Crippen LogP contribution in [0.15, 0.2) is 30.6 Å². The lowest BCUT2D eigenvalue weighted by atomic mass is 10.2. The maximum atomic E-state index is 12.0. The number of aromatic nitrogens is 3. The van der Waals surface area contributed by atoms with Crippen LogP contribution in [0.5, 0.6) is 0 Å². The minimum absolute atomic E-state index is 0.125. The van der Waals surface area contributed by atoms with Crippen molar-refractivity contribution < 1.29 is 4.79 Å². The van der Waals surface area contributed by atoms with E-state index in [9.17, 15) is 4.79 Å². The topological polar surface area (TPSA) is 71.8 Å². The van der Waals surface area contributed by atoms with Gasteiger partial charge in [-0.1, -0.05) is 0 Å². The number of anilines is 1. The van der Waals surface area contributed by atoms with Crippen LogP contribution in [0.2, 0.25) is 0 Å². The highest BCUT2D eigenvalue weighted by Crippen LogP contribution is 2.09. The average molecular weight is 259 g/mol. The number of aryl methyl sites for hydroxylation is 1. The summed E-state index contributed by atoms with van der Waals surface area (Å²) >= 11 is 0. The van der Waals surface area contributed by atoms with Gasteiger partial charge < -0.3 is 10.6 Å². The molecule has 1 amide bonds. The molecule has 0 aliphatic carbocycles. The summed E-state index contributed by atoms with van der Waals surface area (Å²) in [5.74, 6) is 0.458. The maximum absolute atomic E-state index is 12.0. The van der Waals surface area contributed by atoms with E-state index in [1.54, 1.807) is 36.3 Å². The molecule has 0 fully saturated rings. The van der Waals surface area contributed by atoms with Crippen molar-refractivity contribution in [1.29, 1.82) is 0 Å². The normalized spacial score (nSPS) is 10.2. The van der Waals surface area contributed by atoms with E-state index >= 15 is 0 Å². The fourth-order valence-electron chi connectivity index (χ4n) is 1.83. The summed E-state index contributed by atoms with van der Waals surface area (Å²) in [4.78, 5) is 16.1. The molecule has 6 heteroatoms. The first-order chi connectivity index (χ1) is 9.22. The van der Waals surface area contributed by atoms with Crippen LogP contribution in [0, 0.1) is 0 Å². The van der Waals surface area contributed by atoms with Crippen LogP contribution in [-0.2, 0) is 13.5 Å². The van der Waals surface area contributed by atoms with Crippen molar-refractivity contribution in [2.45, 2.75) is 6.42 Å². The van der Waals surface area contributed by atoms with E-state index in [0.29, 0.717) is 17.9 Å². The molecule has 0 saturated carbocycles. The van der Waals surface area contributed by atoms with E-state index in [1.807, 2.05) is 13.1 Å². The molecule has 0 saturated heterocycles. The van der Waals surface area contributed by atoms with Gasteiger partial charge in [0, 0.05) is 45.1 Å². The zero-order valence-corrected chi connectivity index (χ0v) is 11.1. The Morgan fingerprint density at radius 2 is 2.21 bits per heavy atom. The molecule has 0 unspecified atom stereocenters. The van der Waals surface area contributed by atoms with Crippen LogP contribution in [0.4, 0.5) is 5.82 Å². The Morgan fingerprint density at radius 1 is 1.37 bits per heavy atom. The highest BCUT2D eigenvalue weighted by molar-refractivity contribution is 5.98. The van der Waals surface area contributed by atoms with Crippen LogP contribution >= 0.6 is 0 Å². The van der Waals surface area contributed by atoms with Crippen molar-refractivity contribution in [3.63, 3.8) is 0 Å². The molecule has 0 atom stereocenters. The summed E-state index contributed by atoms with van der Waals surface area (Å²) in [6.07, 6.45) is 4.15. The smallest absolute Gasteiger partial charge is 0.255 e. The fourth-order valence-corrected chi connectivity index (χ4v) is 1.83. The molecule has 0 radical (unpaired) electrons. The molecule has 100 valence electrons. The van der Waals surface area contributed by atoms with Crippen molar-refractivity contribution in [2.24, 2.45) is 7.05 Å². The predicted molar refractivity (Wildman–Crippen MR) is 73.0 cm³/mol. The van der Waals surface area contributed by atoms with Gasteiger partial charge >= 0.3 is 0 Å². The Bertz CT molecular complexity index is 564. The summed E-state index contributed by atoms with van der Waals surface area (Å²) in [6, 6.07) is 5.43. The van der Waals surface area contributed by atoms with Crippen LogP contribution in [0.25, 0.3) is 0 Å². The third-order valence-corrected chi connectivity index (χ3v) is 2.88. The maximum Gasteiger partial charge on any atom is 0.255 e. The SMILES string of the molecule is CNc1ncccc1C(=O)NCCc1ccnn1C. The van der Waals surface area contributed by atoms with Gasteiger partial charge in [0.15, 0.2) is 0 Å². The number of hydrogen-bond acceptors (Lipinski definition) is 4. The second-order valence-electron chi connectivity index (χ2n) is 4.10. The second kappa shape index (κ2) is 5.99. The fraction of sp³-hybridized carbons (Fsp3) is 0.308. The molecular weight excluding hydrogens is 242 g/mol. The van der Waals surface area contributed by atoms with Gasteiger partial charge in [0.1, 0.15) is 5.82 Å². The van der Waals surface area contributed by atoms with Crippen LogP contribution in [-0.4, -0.2) is 34.3 Å². The predicted octanol–water partition coefficient (Wildman–Crippen LogP) is 0.829. The summed E-state index contributed by atoms with van der Waals surface area (Å²) in [7, 11) is 3.63. The standard InChI is InChI=1S/C13H17N5O/c1-14-12-11(4-3-7-15-12)13(19)16-8-5-10-6-9-17-18(10)2/h3-4,6-7,9H,5,8H2,1-2H3,(H,14,15)(H,16,19). The van der Waals surface area contributed by atoms with Crippen molar-refractivity contribution in [3.05, 3.63) is 41.9 Å².